The Bertz CT molecular complexity index is 1050. The molecule has 1 heterocycles. The van der Waals surface area contributed by atoms with E-state index < -0.39 is 14.2 Å². The third-order valence-corrected chi connectivity index (χ3v) is 8.22. The van der Waals surface area contributed by atoms with Gasteiger partial charge in [0.1, 0.15) is 5.78 Å². The number of nitrogens with zero attached hydrogens (tertiary/aromatic N) is 1. The molecule has 31 heavy (non-hydrogen) atoms. The number of aromatic nitrogens is 1. The third kappa shape index (κ3) is 4.67. The number of nitrogens with one attached hydrogen (secondary N) is 1. The predicted molar refractivity (Wildman–Crippen MR) is 131 cm³/mol. The molecular weight excluding hydrogens is 447 g/mol. The minimum atomic E-state index is -2.21. The molecule has 1 aromatic heterocycles. The highest BCUT2D eigenvalue weighted by atomic mass is 35.5. The fourth-order valence-electron chi connectivity index (χ4n) is 5.15. The summed E-state index contributed by atoms with van der Waals surface area (Å²) in [6.07, 6.45) is 2.16. The lowest BCUT2D eigenvalue weighted by molar-refractivity contribution is 0.220. The Morgan fingerprint density at radius 2 is 1.74 bits per heavy atom. The maximum atomic E-state index is 9.94. The minimum absolute atomic E-state index is 0.181. The zero-order chi connectivity index (χ0) is 22.3. The van der Waals surface area contributed by atoms with Crippen LogP contribution in [0.4, 0.5) is 5.13 Å². The van der Waals surface area contributed by atoms with Crippen molar-refractivity contribution >= 4 is 36.4 Å². The van der Waals surface area contributed by atoms with E-state index in [2.05, 4.69) is 50.5 Å². The van der Waals surface area contributed by atoms with Gasteiger partial charge in [-0.1, -0.05) is 48.4 Å². The van der Waals surface area contributed by atoms with Crippen LogP contribution in [-0.2, 0) is 5.41 Å². The number of aryl methyl sites for hydroxylation is 3. The van der Waals surface area contributed by atoms with Gasteiger partial charge in [0, 0.05) is 16.3 Å². The van der Waals surface area contributed by atoms with Gasteiger partial charge in [-0.05, 0) is 73.4 Å². The van der Waals surface area contributed by atoms with Gasteiger partial charge in [0.15, 0.2) is 13.5 Å². The summed E-state index contributed by atoms with van der Waals surface area (Å²) in [6, 6.07) is 11.7. The van der Waals surface area contributed by atoms with Gasteiger partial charge in [-0.2, -0.15) is 0 Å². The van der Waals surface area contributed by atoms with E-state index in [4.69, 9.17) is 16.6 Å². The summed E-state index contributed by atoms with van der Waals surface area (Å²) in [6.45, 7) is 8.96. The molecule has 0 amide bonds. The molecule has 2 aromatic carbocycles. The van der Waals surface area contributed by atoms with Crippen LogP contribution in [0.2, 0.25) is 5.02 Å². The van der Waals surface area contributed by atoms with Crippen molar-refractivity contribution in [1.29, 1.82) is 0 Å². The second-order valence-electron chi connectivity index (χ2n) is 8.94. The fourth-order valence-corrected chi connectivity index (χ4v) is 6.86. The van der Waals surface area contributed by atoms with Crippen LogP contribution in [0.1, 0.15) is 65.0 Å². The minimum Gasteiger partial charge on any atom is -0.348 e. The summed E-state index contributed by atoms with van der Waals surface area (Å²) in [4.78, 5) is 24.7. The molecule has 1 saturated carbocycles. The first-order valence-electron chi connectivity index (χ1n) is 10.4. The van der Waals surface area contributed by atoms with Gasteiger partial charge in [-0.15, -0.1) is 11.3 Å². The Labute approximate surface area is 194 Å². The average Bonchev–Trinajstić information content (AvgIpc) is 3.12. The standard InChI is InChI=1S/C24H28ClN2O2PS/c1-14-9-15(2)21(16(3)10-14)24(4)11-18(12-24)20-13-31-23(26-20)27-22(30(28)29)17-5-7-19(25)8-6-17/h5-10,13,18,22,28-29H,11-12H2,1-4H3,(H,26,27). The maximum Gasteiger partial charge on any atom is 0.194 e. The Hall–Kier alpha value is -1.49. The first-order chi connectivity index (χ1) is 14.7. The molecule has 0 radical (unpaired) electrons. The van der Waals surface area contributed by atoms with Gasteiger partial charge in [0.2, 0.25) is 0 Å². The molecule has 0 spiro atoms. The van der Waals surface area contributed by atoms with Crippen LogP contribution >= 0.6 is 31.3 Å². The second kappa shape index (κ2) is 8.80. The van der Waals surface area contributed by atoms with Gasteiger partial charge >= 0.3 is 0 Å². The van der Waals surface area contributed by atoms with Crippen LogP contribution in [-0.4, -0.2) is 14.8 Å². The Morgan fingerprint density at radius 1 is 1.13 bits per heavy atom. The van der Waals surface area contributed by atoms with E-state index in [0.29, 0.717) is 16.1 Å². The fraction of sp³-hybridized carbons (Fsp3) is 0.375. The van der Waals surface area contributed by atoms with E-state index in [9.17, 15) is 9.79 Å². The molecule has 1 fully saturated rings. The van der Waals surface area contributed by atoms with E-state index in [1.54, 1.807) is 24.3 Å². The SMILES string of the molecule is Cc1cc(C)c(C2(C)CC(c3csc(NC(c4ccc(Cl)cc4)P(O)O)n3)C2)c(C)c1. The summed E-state index contributed by atoms with van der Waals surface area (Å²) in [5, 5.41) is 6.63. The van der Waals surface area contributed by atoms with Crippen molar-refractivity contribution in [2.24, 2.45) is 0 Å². The molecule has 4 nitrogen and oxygen atoms in total. The lowest BCUT2D eigenvalue weighted by Crippen LogP contribution is -2.38. The predicted octanol–water partition coefficient (Wildman–Crippen LogP) is 6.96. The summed E-state index contributed by atoms with van der Waals surface area (Å²) in [5.41, 5.74) is 7.60. The molecule has 0 bridgehead atoms. The molecule has 1 aliphatic carbocycles. The number of hydrogen-bond donors (Lipinski definition) is 3. The van der Waals surface area contributed by atoms with Gasteiger partial charge in [0.25, 0.3) is 0 Å². The van der Waals surface area contributed by atoms with Crippen molar-refractivity contribution in [3.05, 3.63) is 80.3 Å². The Balaban J connectivity index is 1.47. The first-order valence-corrected chi connectivity index (χ1v) is 13.0. The number of halogens is 1. The monoisotopic (exact) mass is 474 g/mol. The number of rotatable bonds is 6. The highest BCUT2D eigenvalue weighted by Gasteiger charge is 2.44. The molecular formula is C24H28ClN2O2PS. The van der Waals surface area contributed by atoms with Crippen molar-refractivity contribution in [1.82, 2.24) is 4.98 Å². The number of hydrogen-bond acceptors (Lipinski definition) is 5. The van der Waals surface area contributed by atoms with Crippen molar-refractivity contribution in [2.75, 3.05) is 5.32 Å². The molecule has 1 aliphatic rings. The molecule has 0 aliphatic heterocycles. The normalized spacial score (nSPS) is 21.7. The van der Waals surface area contributed by atoms with E-state index in [1.165, 1.54) is 33.6 Å². The van der Waals surface area contributed by atoms with Gasteiger partial charge in [-0.3, -0.25) is 0 Å². The van der Waals surface area contributed by atoms with Crippen LogP contribution in [0.25, 0.3) is 0 Å². The molecule has 3 aromatic rings. The number of benzene rings is 2. The van der Waals surface area contributed by atoms with Crippen molar-refractivity contribution in [2.45, 2.75) is 57.7 Å². The van der Waals surface area contributed by atoms with E-state index in [0.717, 1.165) is 24.1 Å². The second-order valence-corrected chi connectivity index (χ2v) is 11.4. The Morgan fingerprint density at radius 3 is 2.32 bits per heavy atom. The summed E-state index contributed by atoms with van der Waals surface area (Å²) < 4.78 is 0. The highest BCUT2D eigenvalue weighted by Crippen LogP contribution is 2.54. The molecule has 4 rings (SSSR count). The topological polar surface area (TPSA) is 65.4 Å². The smallest absolute Gasteiger partial charge is 0.194 e. The van der Waals surface area contributed by atoms with Crippen molar-refractivity contribution < 1.29 is 9.79 Å². The first kappa shape index (κ1) is 22.7. The summed E-state index contributed by atoms with van der Waals surface area (Å²) in [5.74, 6) is -0.175. The van der Waals surface area contributed by atoms with E-state index in [1.807, 2.05) is 0 Å². The van der Waals surface area contributed by atoms with Crippen LogP contribution in [0.15, 0.2) is 41.8 Å². The van der Waals surface area contributed by atoms with Crippen LogP contribution in [0.5, 0.6) is 0 Å². The zero-order valence-electron chi connectivity index (χ0n) is 18.2. The van der Waals surface area contributed by atoms with E-state index in [-0.39, 0.29) is 5.41 Å². The largest absolute Gasteiger partial charge is 0.348 e. The summed E-state index contributed by atoms with van der Waals surface area (Å²) in [7, 11) is -2.21. The quantitative estimate of drug-likeness (QED) is 0.338. The highest BCUT2D eigenvalue weighted by molar-refractivity contribution is 7.45. The van der Waals surface area contributed by atoms with Gasteiger partial charge in [-0.25, -0.2) is 4.98 Å². The number of thiazole rings is 1. The Kier molecular flexibility index (Phi) is 6.44. The van der Waals surface area contributed by atoms with Crippen LogP contribution < -0.4 is 5.32 Å². The lowest BCUT2D eigenvalue weighted by Gasteiger charge is -2.47. The molecule has 7 heteroatoms. The van der Waals surface area contributed by atoms with Crippen molar-refractivity contribution in [3.63, 3.8) is 0 Å². The lowest BCUT2D eigenvalue weighted by atomic mass is 9.57. The molecule has 0 saturated heterocycles. The molecule has 3 N–H and O–H groups in total. The van der Waals surface area contributed by atoms with Gasteiger partial charge in [0.05, 0.1) is 5.69 Å². The van der Waals surface area contributed by atoms with Crippen LogP contribution in [0.3, 0.4) is 0 Å². The van der Waals surface area contributed by atoms with Crippen LogP contribution in [0, 0.1) is 20.8 Å². The van der Waals surface area contributed by atoms with E-state index >= 15 is 0 Å². The molecule has 1 unspecified atom stereocenters. The van der Waals surface area contributed by atoms with Crippen molar-refractivity contribution in [3.8, 4) is 0 Å². The maximum absolute atomic E-state index is 9.94. The molecule has 1 atom stereocenters. The zero-order valence-corrected chi connectivity index (χ0v) is 20.7. The summed E-state index contributed by atoms with van der Waals surface area (Å²) >= 11 is 7.48. The van der Waals surface area contributed by atoms with Gasteiger partial charge < -0.3 is 15.1 Å². The number of anilines is 1. The molecule has 164 valence electrons. The average molecular weight is 475 g/mol. The third-order valence-electron chi connectivity index (χ3n) is 6.29.